The third kappa shape index (κ3) is 6.86. The third-order valence-corrected chi connectivity index (χ3v) is 5.60. The Morgan fingerprint density at radius 3 is 2.34 bits per heavy atom. The minimum atomic E-state index is -0.848. The molecule has 4 N–H and O–H groups in total. The highest BCUT2D eigenvalue weighted by molar-refractivity contribution is 6.31. The maximum Gasteiger partial charge on any atom is 0.131 e. The van der Waals surface area contributed by atoms with E-state index in [0.29, 0.717) is 39.5 Å². The lowest BCUT2D eigenvalue weighted by atomic mass is 9.86. The van der Waals surface area contributed by atoms with E-state index in [0.717, 1.165) is 5.56 Å². The van der Waals surface area contributed by atoms with Crippen LogP contribution in [0, 0.1) is 0 Å². The Morgan fingerprint density at radius 2 is 1.66 bits per heavy atom. The molecule has 0 aliphatic heterocycles. The van der Waals surface area contributed by atoms with Crippen LogP contribution in [0.3, 0.4) is 0 Å². The first-order chi connectivity index (χ1) is 15.3. The number of aliphatic hydroxyl groups excluding tert-OH is 2. The standard InChI is InChI=1S/C25H27Cl2NO4/c1-25(28,15-19(30)11-12-29)23-10-9-22(14-24(23)27)32-21-4-2-3-20(13-21)31-16-17-5-7-18(26)8-6-17/h2-10,13-14,19,29-30H,11-12,15-16,28H2,1H3. The number of ether oxygens (including phenoxy) is 2. The van der Waals surface area contributed by atoms with Crippen LogP contribution >= 0.6 is 23.2 Å². The summed E-state index contributed by atoms with van der Waals surface area (Å²) in [6.45, 7) is 2.12. The summed E-state index contributed by atoms with van der Waals surface area (Å²) in [7, 11) is 0. The summed E-state index contributed by atoms with van der Waals surface area (Å²) in [6, 6.07) is 20.1. The fraction of sp³-hybridized carbons (Fsp3) is 0.280. The van der Waals surface area contributed by atoms with Gasteiger partial charge < -0.3 is 25.4 Å². The molecule has 0 saturated carbocycles. The average molecular weight is 476 g/mol. The molecule has 0 aliphatic rings. The van der Waals surface area contributed by atoms with Gasteiger partial charge in [-0.3, -0.25) is 0 Å². The monoisotopic (exact) mass is 475 g/mol. The molecular formula is C25H27Cl2NO4. The van der Waals surface area contributed by atoms with Gasteiger partial charge in [-0.1, -0.05) is 47.5 Å². The van der Waals surface area contributed by atoms with Crippen molar-refractivity contribution in [2.75, 3.05) is 6.61 Å². The molecule has 0 bridgehead atoms. The van der Waals surface area contributed by atoms with E-state index in [1.165, 1.54) is 0 Å². The number of benzene rings is 3. The largest absolute Gasteiger partial charge is 0.489 e. The molecule has 7 heteroatoms. The van der Waals surface area contributed by atoms with Crippen LogP contribution in [0.4, 0.5) is 0 Å². The summed E-state index contributed by atoms with van der Waals surface area (Å²) in [6.07, 6.45) is -0.166. The predicted octanol–water partition coefficient (Wildman–Crippen LogP) is 5.67. The molecule has 5 nitrogen and oxygen atoms in total. The molecule has 2 atom stereocenters. The van der Waals surface area contributed by atoms with Crippen molar-refractivity contribution in [3.05, 3.63) is 87.9 Å². The van der Waals surface area contributed by atoms with Crippen molar-refractivity contribution in [1.82, 2.24) is 0 Å². The molecule has 0 radical (unpaired) electrons. The summed E-state index contributed by atoms with van der Waals surface area (Å²) in [4.78, 5) is 0. The Labute approximate surface area is 198 Å². The molecule has 0 amide bonds. The van der Waals surface area contributed by atoms with Gasteiger partial charge in [-0.15, -0.1) is 0 Å². The van der Waals surface area contributed by atoms with E-state index >= 15 is 0 Å². The molecular weight excluding hydrogens is 449 g/mol. The second-order valence-corrected chi connectivity index (χ2v) is 8.77. The van der Waals surface area contributed by atoms with Gasteiger partial charge in [0, 0.05) is 28.3 Å². The minimum absolute atomic E-state index is 0.0970. The molecule has 0 spiro atoms. The third-order valence-electron chi connectivity index (χ3n) is 5.04. The summed E-state index contributed by atoms with van der Waals surface area (Å²) < 4.78 is 11.8. The van der Waals surface area contributed by atoms with Gasteiger partial charge >= 0.3 is 0 Å². The number of hydrogen-bond donors (Lipinski definition) is 3. The maximum atomic E-state index is 10.0. The van der Waals surface area contributed by atoms with Gasteiger partial charge in [0.15, 0.2) is 0 Å². The Bertz CT molecular complexity index is 1020. The van der Waals surface area contributed by atoms with Crippen molar-refractivity contribution in [2.45, 2.75) is 38.0 Å². The van der Waals surface area contributed by atoms with Crippen LogP contribution in [0.1, 0.15) is 30.9 Å². The lowest BCUT2D eigenvalue weighted by Crippen LogP contribution is -2.37. The summed E-state index contributed by atoms with van der Waals surface area (Å²) in [5, 5.41) is 20.1. The van der Waals surface area contributed by atoms with Gasteiger partial charge in [-0.25, -0.2) is 0 Å². The van der Waals surface area contributed by atoms with E-state index < -0.39 is 11.6 Å². The van der Waals surface area contributed by atoms with E-state index in [1.54, 1.807) is 31.2 Å². The Kier molecular flexibility index (Phi) is 8.40. The van der Waals surface area contributed by atoms with Gasteiger partial charge in [-0.2, -0.15) is 0 Å². The molecule has 170 valence electrons. The molecule has 3 aromatic rings. The van der Waals surface area contributed by atoms with Crippen molar-refractivity contribution in [1.29, 1.82) is 0 Å². The zero-order valence-electron chi connectivity index (χ0n) is 17.8. The minimum Gasteiger partial charge on any atom is -0.489 e. The van der Waals surface area contributed by atoms with Crippen LogP contribution in [0.2, 0.25) is 10.0 Å². The number of nitrogens with two attached hydrogens (primary N) is 1. The van der Waals surface area contributed by atoms with Gasteiger partial charge in [-0.05, 0) is 67.3 Å². The van der Waals surface area contributed by atoms with E-state index in [2.05, 4.69) is 0 Å². The van der Waals surface area contributed by atoms with E-state index in [-0.39, 0.29) is 19.4 Å². The first-order valence-corrected chi connectivity index (χ1v) is 11.1. The second-order valence-electron chi connectivity index (χ2n) is 7.92. The fourth-order valence-electron chi connectivity index (χ4n) is 3.38. The topological polar surface area (TPSA) is 84.9 Å². The zero-order chi connectivity index (χ0) is 23.1. The molecule has 0 fully saturated rings. The van der Waals surface area contributed by atoms with E-state index in [9.17, 15) is 5.11 Å². The first-order valence-electron chi connectivity index (χ1n) is 10.3. The van der Waals surface area contributed by atoms with Crippen molar-refractivity contribution >= 4 is 23.2 Å². The lowest BCUT2D eigenvalue weighted by molar-refractivity contribution is 0.103. The summed E-state index contributed by atoms with van der Waals surface area (Å²) in [5.74, 6) is 1.84. The predicted molar refractivity (Wildman–Crippen MR) is 128 cm³/mol. The number of halogens is 2. The number of hydrogen-bond acceptors (Lipinski definition) is 5. The quantitative estimate of drug-likeness (QED) is 0.351. The highest BCUT2D eigenvalue weighted by Crippen LogP contribution is 2.34. The number of rotatable bonds is 10. The smallest absolute Gasteiger partial charge is 0.131 e. The average Bonchev–Trinajstić information content (AvgIpc) is 2.73. The van der Waals surface area contributed by atoms with Crippen LogP contribution in [0.5, 0.6) is 17.2 Å². The van der Waals surface area contributed by atoms with E-state index in [1.807, 2.05) is 42.5 Å². The lowest BCUT2D eigenvalue weighted by Gasteiger charge is -2.29. The van der Waals surface area contributed by atoms with Gasteiger partial charge in [0.25, 0.3) is 0 Å². The summed E-state index contributed by atoms with van der Waals surface area (Å²) in [5.41, 5.74) is 7.25. The molecule has 3 rings (SSSR count). The number of aliphatic hydroxyl groups is 2. The van der Waals surface area contributed by atoms with Gasteiger partial charge in [0.05, 0.1) is 6.10 Å². The maximum absolute atomic E-state index is 10.0. The molecule has 0 aliphatic carbocycles. The molecule has 0 saturated heterocycles. The molecule has 0 heterocycles. The van der Waals surface area contributed by atoms with Crippen molar-refractivity contribution in [3.63, 3.8) is 0 Å². The second kappa shape index (κ2) is 11.0. The molecule has 0 aromatic heterocycles. The molecule has 32 heavy (non-hydrogen) atoms. The fourth-order valence-corrected chi connectivity index (χ4v) is 3.90. The highest BCUT2D eigenvalue weighted by Gasteiger charge is 2.27. The van der Waals surface area contributed by atoms with Crippen LogP contribution in [-0.4, -0.2) is 22.9 Å². The summed E-state index contributed by atoms with van der Waals surface area (Å²) >= 11 is 12.4. The van der Waals surface area contributed by atoms with Gasteiger partial charge in [0.1, 0.15) is 23.9 Å². The van der Waals surface area contributed by atoms with Crippen LogP contribution < -0.4 is 15.2 Å². The Morgan fingerprint density at radius 1 is 0.969 bits per heavy atom. The van der Waals surface area contributed by atoms with Crippen molar-refractivity contribution < 1.29 is 19.7 Å². The Hall–Kier alpha value is -2.28. The highest BCUT2D eigenvalue weighted by atomic mass is 35.5. The Balaban J connectivity index is 1.66. The van der Waals surface area contributed by atoms with Crippen molar-refractivity contribution in [2.24, 2.45) is 5.73 Å². The van der Waals surface area contributed by atoms with Crippen LogP contribution in [0.15, 0.2) is 66.7 Å². The van der Waals surface area contributed by atoms with Gasteiger partial charge in [0.2, 0.25) is 0 Å². The van der Waals surface area contributed by atoms with Crippen LogP contribution in [0.25, 0.3) is 0 Å². The SMILES string of the molecule is CC(N)(CC(O)CCO)c1ccc(Oc2cccc(OCc3ccc(Cl)cc3)c2)cc1Cl. The zero-order valence-corrected chi connectivity index (χ0v) is 19.3. The molecule has 3 aromatic carbocycles. The van der Waals surface area contributed by atoms with Crippen LogP contribution in [-0.2, 0) is 12.1 Å². The van der Waals surface area contributed by atoms with Crippen molar-refractivity contribution in [3.8, 4) is 17.2 Å². The normalized spacial score (nSPS) is 13.9. The molecule has 2 unspecified atom stereocenters. The first kappa shape index (κ1) is 24.4. The van der Waals surface area contributed by atoms with E-state index in [4.69, 9.17) is 43.5 Å².